The molecule has 4 heteroatoms. The van der Waals surface area contributed by atoms with Crippen LogP contribution in [-0.4, -0.2) is 23.8 Å². The van der Waals surface area contributed by atoms with E-state index in [1.54, 1.807) is 0 Å². The molecule has 2 rings (SSSR count). The summed E-state index contributed by atoms with van der Waals surface area (Å²) in [6.45, 7) is 8.84. The molecule has 1 aromatic carbocycles. The van der Waals surface area contributed by atoms with E-state index in [1.165, 1.54) is 0 Å². The molecule has 22 heavy (non-hydrogen) atoms. The van der Waals surface area contributed by atoms with Crippen LogP contribution in [0.15, 0.2) is 30.3 Å². The summed E-state index contributed by atoms with van der Waals surface area (Å²) < 4.78 is 11.2. The van der Waals surface area contributed by atoms with Crippen molar-refractivity contribution in [2.75, 3.05) is 6.61 Å². The number of benzene rings is 1. The van der Waals surface area contributed by atoms with Gasteiger partial charge in [-0.05, 0) is 38.7 Å². The Morgan fingerprint density at radius 3 is 2.55 bits per heavy atom. The number of nitrogens with one attached hydrogen (secondary N) is 1. The molecule has 1 aliphatic carbocycles. The highest BCUT2D eigenvalue weighted by atomic mass is 16.6. The minimum Gasteiger partial charge on any atom is -0.444 e. The van der Waals surface area contributed by atoms with Gasteiger partial charge in [-0.3, -0.25) is 0 Å². The molecule has 2 atom stereocenters. The molecule has 1 aromatic rings. The lowest BCUT2D eigenvalue weighted by molar-refractivity contribution is 0.0386. The summed E-state index contributed by atoms with van der Waals surface area (Å²) in [5.41, 5.74) is 0.405. The lowest BCUT2D eigenvalue weighted by atomic mass is 10.2. The molecule has 0 radical (unpaired) electrons. The molecular weight excluding hydrogens is 278 g/mol. The van der Waals surface area contributed by atoms with Crippen LogP contribution >= 0.6 is 0 Å². The molecule has 0 aliphatic heterocycles. The summed E-state index contributed by atoms with van der Waals surface area (Å²) in [6.07, 6.45) is 1.63. The highest BCUT2D eigenvalue weighted by Gasteiger charge is 2.54. The van der Waals surface area contributed by atoms with Crippen molar-refractivity contribution in [3.63, 3.8) is 0 Å². The second-order valence-corrected chi connectivity index (χ2v) is 7.07. The average molecular weight is 305 g/mol. The Bertz CT molecular complexity index is 495. The first-order valence-electron chi connectivity index (χ1n) is 7.97. The fourth-order valence-corrected chi connectivity index (χ4v) is 2.71. The lowest BCUT2D eigenvalue weighted by Crippen LogP contribution is -2.44. The molecule has 1 aliphatic rings. The van der Waals surface area contributed by atoms with E-state index in [2.05, 4.69) is 12.2 Å². The minimum atomic E-state index is -0.479. The molecule has 4 nitrogen and oxygen atoms in total. The third-order valence-electron chi connectivity index (χ3n) is 3.95. The molecule has 1 fully saturated rings. The summed E-state index contributed by atoms with van der Waals surface area (Å²) in [4.78, 5) is 12.0. The third-order valence-corrected chi connectivity index (χ3v) is 3.95. The van der Waals surface area contributed by atoms with Gasteiger partial charge in [0.25, 0.3) is 0 Å². The summed E-state index contributed by atoms with van der Waals surface area (Å²) >= 11 is 0. The smallest absolute Gasteiger partial charge is 0.408 e. The quantitative estimate of drug-likeness (QED) is 0.867. The zero-order valence-electron chi connectivity index (χ0n) is 14.0. The SMILES string of the molecule is CC[C@H]1C[C@]1(COCc1ccccc1)NC(=O)OC(C)(C)C. The van der Waals surface area contributed by atoms with Gasteiger partial charge >= 0.3 is 6.09 Å². The number of carbonyl (C=O) groups is 1. The largest absolute Gasteiger partial charge is 0.444 e. The second kappa shape index (κ2) is 6.69. The van der Waals surface area contributed by atoms with E-state index < -0.39 is 5.60 Å². The van der Waals surface area contributed by atoms with E-state index in [0.717, 1.165) is 18.4 Å². The molecule has 0 spiro atoms. The first-order chi connectivity index (χ1) is 10.3. The van der Waals surface area contributed by atoms with Crippen LogP contribution in [0.25, 0.3) is 0 Å². The summed E-state index contributed by atoms with van der Waals surface area (Å²) in [7, 11) is 0. The van der Waals surface area contributed by atoms with Crippen LogP contribution in [0.2, 0.25) is 0 Å². The topological polar surface area (TPSA) is 47.6 Å². The zero-order valence-corrected chi connectivity index (χ0v) is 14.0. The van der Waals surface area contributed by atoms with Crippen molar-refractivity contribution in [2.24, 2.45) is 5.92 Å². The molecule has 0 aromatic heterocycles. The Kier molecular flexibility index (Phi) is 5.12. The Balaban J connectivity index is 1.85. The van der Waals surface area contributed by atoms with Crippen LogP contribution in [0.4, 0.5) is 4.79 Å². The Morgan fingerprint density at radius 2 is 2.00 bits per heavy atom. The summed E-state index contributed by atoms with van der Waals surface area (Å²) in [5.74, 6) is 0.468. The molecule has 0 bridgehead atoms. The van der Waals surface area contributed by atoms with E-state index >= 15 is 0 Å². The minimum absolute atomic E-state index is 0.258. The highest BCUT2D eigenvalue weighted by Crippen LogP contribution is 2.46. The van der Waals surface area contributed by atoms with Gasteiger partial charge in [-0.1, -0.05) is 43.7 Å². The van der Waals surface area contributed by atoms with Crippen LogP contribution in [0.5, 0.6) is 0 Å². The Labute approximate surface area is 133 Å². The molecule has 0 heterocycles. The average Bonchev–Trinajstić information content (AvgIpc) is 3.10. The maximum absolute atomic E-state index is 12.0. The van der Waals surface area contributed by atoms with Crippen LogP contribution < -0.4 is 5.32 Å². The predicted molar refractivity (Wildman–Crippen MR) is 86.6 cm³/mol. The van der Waals surface area contributed by atoms with Crippen molar-refractivity contribution in [1.29, 1.82) is 0 Å². The molecule has 1 saturated carbocycles. The highest BCUT2D eigenvalue weighted by molar-refractivity contribution is 5.69. The third kappa shape index (κ3) is 4.73. The Morgan fingerprint density at radius 1 is 1.32 bits per heavy atom. The van der Waals surface area contributed by atoms with Crippen molar-refractivity contribution in [2.45, 2.75) is 58.3 Å². The van der Waals surface area contributed by atoms with Gasteiger partial charge in [0.15, 0.2) is 0 Å². The van der Waals surface area contributed by atoms with Crippen molar-refractivity contribution >= 4 is 6.09 Å². The van der Waals surface area contributed by atoms with E-state index in [-0.39, 0.29) is 11.6 Å². The molecule has 1 N–H and O–H groups in total. The van der Waals surface area contributed by atoms with Crippen molar-refractivity contribution in [3.05, 3.63) is 35.9 Å². The van der Waals surface area contributed by atoms with Gasteiger partial charge in [-0.15, -0.1) is 0 Å². The van der Waals surface area contributed by atoms with E-state index in [4.69, 9.17) is 9.47 Å². The van der Waals surface area contributed by atoms with Crippen LogP contribution in [-0.2, 0) is 16.1 Å². The standard InChI is InChI=1S/C18H27NO3/c1-5-15-11-18(15,19-16(20)22-17(2,3)4)13-21-12-14-9-7-6-8-10-14/h6-10,15H,5,11-13H2,1-4H3,(H,19,20)/t15-,18+/m0/s1. The Hall–Kier alpha value is -1.55. The van der Waals surface area contributed by atoms with Crippen LogP contribution in [0.3, 0.4) is 0 Å². The first-order valence-corrected chi connectivity index (χ1v) is 7.97. The number of ether oxygens (including phenoxy) is 2. The number of carbonyl (C=O) groups excluding carboxylic acids is 1. The molecular formula is C18H27NO3. The van der Waals surface area contributed by atoms with E-state index in [9.17, 15) is 4.79 Å². The lowest BCUT2D eigenvalue weighted by Gasteiger charge is -2.24. The maximum Gasteiger partial charge on any atom is 0.408 e. The second-order valence-electron chi connectivity index (χ2n) is 7.07. The molecule has 0 unspecified atom stereocenters. The van der Waals surface area contributed by atoms with Gasteiger partial charge in [0.2, 0.25) is 0 Å². The normalized spacial score (nSPS) is 23.9. The number of amides is 1. The number of rotatable bonds is 6. The summed E-state index contributed by atoms with van der Waals surface area (Å²) in [5, 5.41) is 3.03. The van der Waals surface area contributed by atoms with Crippen molar-refractivity contribution < 1.29 is 14.3 Å². The molecule has 0 saturated heterocycles. The van der Waals surface area contributed by atoms with Crippen LogP contribution in [0.1, 0.15) is 46.1 Å². The van der Waals surface area contributed by atoms with Crippen LogP contribution in [0, 0.1) is 5.92 Å². The van der Waals surface area contributed by atoms with E-state index in [1.807, 2.05) is 51.1 Å². The predicted octanol–water partition coefficient (Wildman–Crippen LogP) is 3.90. The first kappa shape index (κ1) is 16.8. The van der Waals surface area contributed by atoms with Gasteiger partial charge in [0, 0.05) is 0 Å². The van der Waals surface area contributed by atoms with Gasteiger partial charge < -0.3 is 14.8 Å². The van der Waals surface area contributed by atoms with Crippen molar-refractivity contribution in [3.8, 4) is 0 Å². The number of hydrogen-bond acceptors (Lipinski definition) is 3. The zero-order chi connectivity index (χ0) is 16.2. The van der Waals surface area contributed by atoms with Gasteiger partial charge in [0.05, 0.1) is 18.8 Å². The summed E-state index contributed by atoms with van der Waals surface area (Å²) in [6, 6.07) is 10.1. The van der Waals surface area contributed by atoms with Gasteiger partial charge in [-0.2, -0.15) is 0 Å². The number of hydrogen-bond donors (Lipinski definition) is 1. The fourth-order valence-electron chi connectivity index (χ4n) is 2.71. The van der Waals surface area contributed by atoms with Gasteiger partial charge in [-0.25, -0.2) is 4.79 Å². The molecule has 1 amide bonds. The van der Waals surface area contributed by atoms with Crippen molar-refractivity contribution in [1.82, 2.24) is 5.32 Å². The molecule has 122 valence electrons. The van der Waals surface area contributed by atoms with E-state index in [0.29, 0.717) is 19.1 Å². The maximum atomic E-state index is 12.0. The number of alkyl carbamates (subject to hydrolysis) is 1. The fraction of sp³-hybridized carbons (Fsp3) is 0.611. The van der Waals surface area contributed by atoms with Gasteiger partial charge in [0.1, 0.15) is 5.60 Å². The monoisotopic (exact) mass is 305 g/mol.